The van der Waals surface area contributed by atoms with Crippen molar-refractivity contribution in [2.24, 2.45) is 0 Å². The fourth-order valence-electron chi connectivity index (χ4n) is 3.52. The average Bonchev–Trinajstić information content (AvgIpc) is 3.17. The number of nitrogens with zero attached hydrogens (tertiary/aromatic N) is 2. The predicted molar refractivity (Wildman–Crippen MR) is 128 cm³/mol. The van der Waals surface area contributed by atoms with Gasteiger partial charge in [0.15, 0.2) is 0 Å². The number of aromatic amines is 1. The molecule has 0 amide bonds. The molecule has 6 nitrogen and oxygen atoms in total. The summed E-state index contributed by atoms with van der Waals surface area (Å²) < 4.78 is 7.64. The number of aromatic nitrogens is 3. The standard InChI is InChI=1S/C22H13BrClN3O3S/c1-30-12-6-5-11-9-25-10-17(13(11)7-12)27-21(28)20-16(26-22(27)29)8-18(31-20)19-14(23)3-2-4-15(19)24/h2-10H,1H3,(H,26,29). The van der Waals surface area contributed by atoms with E-state index < -0.39 is 11.2 Å². The van der Waals surface area contributed by atoms with E-state index in [2.05, 4.69) is 25.9 Å². The van der Waals surface area contributed by atoms with Gasteiger partial charge in [-0.25, -0.2) is 9.36 Å². The van der Waals surface area contributed by atoms with Crippen LogP contribution in [0.4, 0.5) is 0 Å². The maximum atomic E-state index is 13.4. The fraction of sp³-hybridized carbons (Fsp3) is 0.0455. The number of thiophene rings is 1. The lowest BCUT2D eigenvalue weighted by molar-refractivity contribution is 0.415. The summed E-state index contributed by atoms with van der Waals surface area (Å²) in [5.74, 6) is 0.618. The molecule has 5 aromatic rings. The van der Waals surface area contributed by atoms with Crippen molar-refractivity contribution in [3.63, 3.8) is 0 Å². The van der Waals surface area contributed by atoms with E-state index in [9.17, 15) is 9.59 Å². The Hall–Kier alpha value is -2.94. The zero-order valence-electron chi connectivity index (χ0n) is 16.0. The Bertz CT molecular complexity index is 1590. The molecule has 0 aliphatic carbocycles. The lowest BCUT2D eigenvalue weighted by Crippen LogP contribution is -2.33. The molecule has 0 radical (unpaired) electrons. The highest BCUT2D eigenvalue weighted by Gasteiger charge is 2.18. The summed E-state index contributed by atoms with van der Waals surface area (Å²) in [4.78, 5) is 34.2. The van der Waals surface area contributed by atoms with Crippen LogP contribution in [0.2, 0.25) is 5.02 Å². The van der Waals surface area contributed by atoms with Crippen LogP contribution < -0.4 is 16.0 Å². The Morgan fingerprint density at radius 3 is 2.77 bits per heavy atom. The molecule has 0 atom stereocenters. The third-order valence-corrected chi connectivity index (χ3v) is 7.09. The minimum absolute atomic E-state index is 0.387. The van der Waals surface area contributed by atoms with E-state index >= 15 is 0 Å². The van der Waals surface area contributed by atoms with Crippen LogP contribution >= 0.6 is 38.9 Å². The number of pyridine rings is 1. The molecule has 0 bridgehead atoms. The van der Waals surface area contributed by atoms with Crippen LogP contribution in [-0.4, -0.2) is 21.6 Å². The number of rotatable bonds is 3. The Morgan fingerprint density at radius 1 is 1.16 bits per heavy atom. The van der Waals surface area contributed by atoms with Gasteiger partial charge >= 0.3 is 5.69 Å². The molecular weight excluding hydrogens is 502 g/mol. The van der Waals surface area contributed by atoms with Crippen LogP contribution in [-0.2, 0) is 0 Å². The van der Waals surface area contributed by atoms with Gasteiger partial charge in [0.25, 0.3) is 5.56 Å². The Morgan fingerprint density at radius 2 is 2.00 bits per heavy atom. The summed E-state index contributed by atoms with van der Waals surface area (Å²) in [5.41, 5.74) is 0.656. The van der Waals surface area contributed by atoms with Crippen LogP contribution in [0, 0.1) is 0 Å². The number of halogens is 2. The minimum atomic E-state index is -0.544. The second kappa shape index (κ2) is 7.64. The highest BCUT2D eigenvalue weighted by molar-refractivity contribution is 9.10. The van der Waals surface area contributed by atoms with E-state index in [1.807, 2.05) is 18.2 Å². The van der Waals surface area contributed by atoms with Crippen LogP contribution in [0.1, 0.15) is 0 Å². The first kappa shape index (κ1) is 20.0. The van der Waals surface area contributed by atoms with Crippen molar-refractivity contribution in [3.05, 3.63) is 85.2 Å². The monoisotopic (exact) mass is 513 g/mol. The number of hydrogen-bond acceptors (Lipinski definition) is 5. The van der Waals surface area contributed by atoms with E-state index in [1.165, 1.54) is 17.5 Å². The van der Waals surface area contributed by atoms with Gasteiger partial charge in [-0.05, 0) is 36.4 Å². The molecule has 5 rings (SSSR count). The molecule has 0 fully saturated rings. The average molecular weight is 515 g/mol. The van der Waals surface area contributed by atoms with Crippen molar-refractivity contribution in [2.45, 2.75) is 0 Å². The van der Waals surface area contributed by atoms with E-state index in [4.69, 9.17) is 16.3 Å². The van der Waals surface area contributed by atoms with E-state index in [1.54, 1.807) is 37.6 Å². The van der Waals surface area contributed by atoms with Crippen LogP contribution in [0.5, 0.6) is 5.75 Å². The van der Waals surface area contributed by atoms with E-state index in [0.717, 1.165) is 24.9 Å². The van der Waals surface area contributed by atoms with Gasteiger partial charge in [-0.2, -0.15) is 0 Å². The van der Waals surface area contributed by atoms with Crippen molar-refractivity contribution in [2.75, 3.05) is 7.11 Å². The molecule has 154 valence electrons. The molecule has 3 aromatic heterocycles. The summed E-state index contributed by atoms with van der Waals surface area (Å²) in [5, 5.41) is 2.03. The first-order valence-corrected chi connectivity index (χ1v) is 11.1. The summed E-state index contributed by atoms with van der Waals surface area (Å²) in [6.45, 7) is 0. The molecule has 1 N–H and O–H groups in total. The molecule has 3 heterocycles. The first-order chi connectivity index (χ1) is 15.0. The Labute approximate surface area is 192 Å². The quantitative estimate of drug-likeness (QED) is 0.351. The zero-order chi connectivity index (χ0) is 21.7. The van der Waals surface area contributed by atoms with Crippen molar-refractivity contribution < 1.29 is 4.74 Å². The second-order valence-electron chi connectivity index (χ2n) is 6.77. The highest BCUT2D eigenvalue weighted by atomic mass is 79.9. The Balaban J connectivity index is 1.80. The maximum Gasteiger partial charge on any atom is 0.333 e. The number of benzene rings is 2. The summed E-state index contributed by atoms with van der Waals surface area (Å²) in [7, 11) is 1.56. The number of nitrogens with one attached hydrogen (secondary N) is 1. The summed E-state index contributed by atoms with van der Waals surface area (Å²) >= 11 is 11.2. The number of ether oxygens (including phenoxy) is 1. The highest BCUT2D eigenvalue weighted by Crippen LogP contribution is 2.39. The molecular formula is C22H13BrClN3O3S. The first-order valence-electron chi connectivity index (χ1n) is 9.13. The summed E-state index contributed by atoms with van der Waals surface area (Å²) in [6.07, 6.45) is 3.18. The zero-order valence-corrected chi connectivity index (χ0v) is 19.1. The molecule has 0 aliphatic rings. The maximum absolute atomic E-state index is 13.4. The lowest BCUT2D eigenvalue weighted by atomic mass is 10.1. The predicted octanol–water partition coefficient (Wildman–Crippen LogP) is 5.38. The van der Waals surface area contributed by atoms with Gasteiger partial charge in [-0.15, -0.1) is 11.3 Å². The molecule has 0 aliphatic heterocycles. The largest absolute Gasteiger partial charge is 0.497 e. The normalized spacial score (nSPS) is 11.3. The summed E-state index contributed by atoms with van der Waals surface area (Å²) in [6, 6.07) is 12.7. The third-order valence-electron chi connectivity index (χ3n) is 4.97. The topological polar surface area (TPSA) is 77.0 Å². The van der Waals surface area contributed by atoms with Gasteiger partial charge in [0.1, 0.15) is 10.4 Å². The molecule has 0 unspecified atom stereocenters. The van der Waals surface area contributed by atoms with E-state index in [-0.39, 0.29) is 0 Å². The number of fused-ring (bicyclic) bond motifs is 2. The molecule has 0 spiro atoms. The minimum Gasteiger partial charge on any atom is -0.497 e. The third kappa shape index (κ3) is 3.27. The van der Waals surface area contributed by atoms with Gasteiger partial charge in [-0.3, -0.25) is 9.78 Å². The second-order valence-corrected chi connectivity index (χ2v) is 9.08. The van der Waals surface area contributed by atoms with Gasteiger partial charge < -0.3 is 9.72 Å². The number of H-pyrrole nitrogens is 1. The molecule has 2 aromatic carbocycles. The number of methoxy groups -OCH3 is 1. The van der Waals surface area contributed by atoms with Gasteiger partial charge in [0, 0.05) is 31.9 Å². The lowest BCUT2D eigenvalue weighted by Gasteiger charge is -2.09. The Kier molecular flexibility index (Phi) is 4.92. The molecule has 31 heavy (non-hydrogen) atoms. The number of hydrogen-bond donors (Lipinski definition) is 1. The van der Waals surface area contributed by atoms with Gasteiger partial charge in [-0.1, -0.05) is 33.6 Å². The van der Waals surface area contributed by atoms with Gasteiger partial charge in [0.05, 0.1) is 29.5 Å². The van der Waals surface area contributed by atoms with Crippen molar-refractivity contribution in [1.29, 1.82) is 0 Å². The van der Waals surface area contributed by atoms with Crippen LogP contribution in [0.3, 0.4) is 0 Å². The molecule has 0 saturated heterocycles. The van der Waals surface area contributed by atoms with Crippen LogP contribution in [0.15, 0.2) is 68.9 Å². The fourth-order valence-corrected chi connectivity index (χ4v) is 5.79. The van der Waals surface area contributed by atoms with Crippen molar-refractivity contribution in [1.82, 2.24) is 14.5 Å². The SMILES string of the molecule is COc1ccc2cncc(-n3c(=O)[nH]c4cc(-c5c(Cl)cccc5Br)sc4c3=O)c2c1. The van der Waals surface area contributed by atoms with Crippen LogP contribution in [0.25, 0.3) is 37.1 Å². The van der Waals surface area contributed by atoms with Crippen molar-refractivity contribution in [3.8, 4) is 21.9 Å². The van der Waals surface area contributed by atoms with E-state index in [0.29, 0.717) is 32.1 Å². The smallest absolute Gasteiger partial charge is 0.333 e. The molecule has 0 saturated carbocycles. The molecule has 9 heteroatoms. The van der Waals surface area contributed by atoms with Gasteiger partial charge in [0.2, 0.25) is 0 Å². The van der Waals surface area contributed by atoms with Crippen molar-refractivity contribution >= 4 is 59.9 Å².